The molecule has 1 N–H and O–H groups in total. The molecule has 1 aromatic rings. The van der Waals surface area contributed by atoms with E-state index in [9.17, 15) is 9.59 Å². The number of aromatic nitrogens is 2. The maximum absolute atomic E-state index is 11.5. The Morgan fingerprint density at radius 3 is 2.94 bits per heavy atom. The zero-order chi connectivity index (χ0) is 13.5. The first-order valence-corrected chi connectivity index (χ1v) is 5.29. The van der Waals surface area contributed by atoms with Crippen LogP contribution in [0.2, 0.25) is 0 Å². The molecule has 7 heteroatoms. The Labute approximate surface area is 104 Å². The normalized spacial score (nSPS) is 11.4. The molecule has 18 heavy (non-hydrogen) atoms. The number of nitrogens with zero attached hydrogens (tertiary/aromatic N) is 3. The van der Waals surface area contributed by atoms with Crippen LogP contribution in [0.4, 0.5) is 0 Å². The van der Waals surface area contributed by atoms with Crippen molar-refractivity contribution in [3.63, 3.8) is 0 Å². The number of amides is 1. The van der Waals surface area contributed by atoms with Crippen molar-refractivity contribution in [1.29, 1.82) is 5.26 Å². The lowest BCUT2D eigenvalue weighted by molar-refractivity contribution is -0.144. The van der Waals surface area contributed by atoms with Crippen LogP contribution in [-0.4, -0.2) is 34.6 Å². The van der Waals surface area contributed by atoms with Gasteiger partial charge in [-0.3, -0.25) is 4.79 Å². The van der Waals surface area contributed by atoms with E-state index in [0.717, 1.165) is 0 Å². The fourth-order valence-corrected chi connectivity index (χ4v) is 1.53. The van der Waals surface area contributed by atoms with Crippen LogP contribution in [0, 0.1) is 11.3 Å². The molecule has 0 spiro atoms. The minimum absolute atomic E-state index is 0.142. The average molecular weight is 250 g/mol. The Morgan fingerprint density at radius 1 is 1.67 bits per heavy atom. The van der Waals surface area contributed by atoms with Crippen LogP contribution >= 0.6 is 0 Å². The van der Waals surface area contributed by atoms with Crippen LogP contribution < -0.4 is 5.32 Å². The Kier molecular flexibility index (Phi) is 4.87. The SMILES string of the molecule is COC(=O)C(Cc1cncn1CC#N)NC(C)=O. The van der Waals surface area contributed by atoms with E-state index in [4.69, 9.17) is 5.26 Å². The van der Waals surface area contributed by atoms with E-state index >= 15 is 0 Å². The second-order valence-corrected chi connectivity index (χ2v) is 3.65. The fraction of sp³-hybridized carbons (Fsp3) is 0.455. The predicted molar refractivity (Wildman–Crippen MR) is 61.2 cm³/mol. The van der Waals surface area contributed by atoms with Crippen LogP contribution in [-0.2, 0) is 27.3 Å². The molecule has 0 aliphatic rings. The third-order valence-electron chi connectivity index (χ3n) is 2.32. The predicted octanol–water partition coefficient (Wildman–Crippen LogP) is -0.373. The van der Waals surface area contributed by atoms with Crippen LogP contribution in [0.15, 0.2) is 12.5 Å². The highest BCUT2D eigenvalue weighted by Crippen LogP contribution is 2.05. The molecule has 0 saturated carbocycles. The summed E-state index contributed by atoms with van der Waals surface area (Å²) in [4.78, 5) is 26.4. The maximum atomic E-state index is 11.5. The van der Waals surface area contributed by atoms with Gasteiger partial charge in [0.15, 0.2) is 0 Å². The molecular weight excluding hydrogens is 236 g/mol. The van der Waals surface area contributed by atoms with Crippen molar-refractivity contribution >= 4 is 11.9 Å². The van der Waals surface area contributed by atoms with Crippen molar-refractivity contribution in [2.75, 3.05) is 7.11 Å². The van der Waals surface area contributed by atoms with E-state index in [2.05, 4.69) is 15.0 Å². The smallest absolute Gasteiger partial charge is 0.328 e. The quantitative estimate of drug-likeness (QED) is 0.719. The monoisotopic (exact) mass is 250 g/mol. The summed E-state index contributed by atoms with van der Waals surface area (Å²) < 4.78 is 6.22. The zero-order valence-electron chi connectivity index (χ0n) is 10.2. The first kappa shape index (κ1) is 13.7. The molecule has 1 aromatic heterocycles. The number of ether oxygens (including phenoxy) is 1. The second-order valence-electron chi connectivity index (χ2n) is 3.65. The van der Waals surface area contributed by atoms with Gasteiger partial charge < -0.3 is 14.6 Å². The van der Waals surface area contributed by atoms with Gasteiger partial charge in [-0.15, -0.1) is 0 Å². The first-order valence-electron chi connectivity index (χ1n) is 5.29. The second kappa shape index (κ2) is 6.39. The van der Waals surface area contributed by atoms with E-state index in [-0.39, 0.29) is 18.9 Å². The van der Waals surface area contributed by atoms with E-state index in [1.165, 1.54) is 20.4 Å². The molecule has 7 nitrogen and oxygen atoms in total. The number of imidazole rings is 1. The van der Waals surface area contributed by atoms with Crippen molar-refractivity contribution in [2.24, 2.45) is 0 Å². The number of methoxy groups -OCH3 is 1. The highest BCUT2D eigenvalue weighted by atomic mass is 16.5. The van der Waals surface area contributed by atoms with Gasteiger partial charge in [0, 0.05) is 25.2 Å². The number of carbonyl (C=O) groups is 2. The van der Waals surface area contributed by atoms with Gasteiger partial charge in [-0.25, -0.2) is 9.78 Å². The summed E-state index contributed by atoms with van der Waals surface area (Å²) in [6.07, 6.45) is 3.28. The third-order valence-corrected chi connectivity index (χ3v) is 2.32. The molecule has 1 atom stereocenters. The van der Waals surface area contributed by atoms with Crippen molar-refractivity contribution in [3.8, 4) is 6.07 Å². The molecule has 1 unspecified atom stereocenters. The lowest BCUT2D eigenvalue weighted by atomic mass is 10.1. The molecule has 0 aliphatic carbocycles. The number of hydrogen-bond donors (Lipinski definition) is 1. The largest absolute Gasteiger partial charge is 0.467 e. The topological polar surface area (TPSA) is 97.0 Å². The summed E-state index contributed by atoms with van der Waals surface area (Å²) in [7, 11) is 1.25. The summed E-state index contributed by atoms with van der Waals surface area (Å²) in [6.45, 7) is 1.46. The minimum Gasteiger partial charge on any atom is -0.467 e. The number of nitriles is 1. The first-order chi connectivity index (χ1) is 8.58. The van der Waals surface area contributed by atoms with Crippen LogP contribution in [0.5, 0.6) is 0 Å². The molecule has 1 heterocycles. The highest BCUT2D eigenvalue weighted by molar-refractivity contribution is 5.83. The summed E-state index contributed by atoms with van der Waals surface area (Å²) in [5.41, 5.74) is 0.681. The fourth-order valence-electron chi connectivity index (χ4n) is 1.53. The van der Waals surface area contributed by atoms with Crippen LogP contribution in [0.25, 0.3) is 0 Å². The molecule has 0 radical (unpaired) electrons. The van der Waals surface area contributed by atoms with Crippen LogP contribution in [0.3, 0.4) is 0 Å². The molecule has 0 aliphatic heterocycles. The summed E-state index contributed by atoms with van der Waals surface area (Å²) in [5.74, 6) is -0.855. The standard InChI is InChI=1S/C11H14N4O3/c1-8(16)14-10(11(17)18-2)5-9-6-13-7-15(9)4-3-12/h6-7,10H,4-5H2,1-2H3,(H,14,16). The summed E-state index contributed by atoms with van der Waals surface area (Å²) in [6, 6.07) is 1.21. The molecule has 0 bridgehead atoms. The molecule has 1 amide bonds. The Morgan fingerprint density at radius 2 is 2.39 bits per heavy atom. The number of nitrogens with one attached hydrogen (secondary N) is 1. The lowest BCUT2D eigenvalue weighted by Gasteiger charge is -2.15. The molecule has 0 aromatic carbocycles. The third kappa shape index (κ3) is 3.59. The maximum Gasteiger partial charge on any atom is 0.328 e. The van der Waals surface area contributed by atoms with Gasteiger partial charge in [-0.05, 0) is 0 Å². The Bertz CT molecular complexity index is 475. The highest BCUT2D eigenvalue weighted by Gasteiger charge is 2.22. The van der Waals surface area contributed by atoms with Crippen molar-refractivity contribution < 1.29 is 14.3 Å². The molecule has 1 rings (SSSR count). The molecular formula is C11H14N4O3. The van der Waals surface area contributed by atoms with Gasteiger partial charge in [-0.1, -0.05) is 0 Å². The van der Waals surface area contributed by atoms with Crippen LogP contribution in [0.1, 0.15) is 12.6 Å². The van der Waals surface area contributed by atoms with Gasteiger partial charge in [0.2, 0.25) is 5.91 Å². The van der Waals surface area contributed by atoms with E-state index in [1.807, 2.05) is 6.07 Å². The van der Waals surface area contributed by atoms with Gasteiger partial charge >= 0.3 is 5.97 Å². The molecule has 0 saturated heterocycles. The molecule has 0 fully saturated rings. The molecule has 96 valence electrons. The van der Waals surface area contributed by atoms with Gasteiger partial charge in [0.05, 0.1) is 19.5 Å². The number of hydrogen-bond acceptors (Lipinski definition) is 5. The Balaban J connectivity index is 2.82. The van der Waals surface area contributed by atoms with E-state index < -0.39 is 12.0 Å². The minimum atomic E-state index is -0.776. The summed E-state index contributed by atoms with van der Waals surface area (Å²) >= 11 is 0. The summed E-state index contributed by atoms with van der Waals surface area (Å²) in [5, 5.41) is 11.1. The van der Waals surface area contributed by atoms with Gasteiger partial charge in [0.25, 0.3) is 0 Å². The number of rotatable bonds is 5. The number of esters is 1. The zero-order valence-corrected chi connectivity index (χ0v) is 10.2. The van der Waals surface area contributed by atoms with E-state index in [0.29, 0.717) is 5.69 Å². The van der Waals surface area contributed by atoms with Gasteiger partial charge in [-0.2, -0.15) is 5.26 Å². The number of carbonyl (C=O) groups excluding carboxylic acids is 2. The van der Waals surface area contributed by atoms with Crippen molar-refractivity contribution in [3.05, 3.63) is 18.2 Å². The average Bonchev–Trinajstić information content (AvgIpc) is 2.75. The lowest BCUT2D eigenvalue weighted by Crippen LogP contribution is -2.42. The van der Waals surface area contributed by atoms with Crippen molar-refractivity contribution in [1.82, 2.24) is 14.9 Å². The van der Waals surface area contributed by atoms with Gasteiger partial charge in [0.1, 0.15) is 12.6 Å². The van der Waals surface area contributed by atoms with E-state index in [1.54, 1.807) is 10.8 Å². The Hall–Kier alpha value is -2.36. The van der Waals surface area contributed by atoms with Crippen molar-refractivity contribution in [2.45, 2.75) is 25.9 Å².